The van der Waals surface area contributed by atoms with Crippen LogP contribution in [0.5, 0.6) is 11.8 Å². The molecule has 0 saturated heterocycles. The van der Waals surface area contributed by atoms with Crippen molar-refractivity contribution in [3.63, 3.8) is 0 Å². The fourth-order valence-electron chi connectivity index (χ4n) is 3.96. The number of carbonyl (C=O) groups excluding carboxylic acids is 1. The van der Waals surface area contributed by atoms with Gasteiger partial charge in [0.25, 0.3) is 0 Å². The zero-order chi connectivity index (χ0) is 26.4. The zero-order valence-electron chi connectivity index (χ0n) is 19.8. The summed E-state index contributed by atoms with van der Waals surface area (Å²) in [5.74, 6) is -0.701. The minimum atomic E-state index is -1.15. The molecule has 0 bridgehead atoms. The molecule has 9 nitrogen and oxygen atoms in total. The highest BCUT2D eigenvalue weighted by molar-refractivity contribution is 6.02. The number of nitrogens with two attached hydrogens (primary N) is 1. The number of hydrogen-bond donors (Lipinski definition) is 1. The molecule has 0 aliphatic heterocycles. The van der Waals surface area contributed by atoms with Gasteiger partial charge in [-0.05, 0) is 53.9 Å². The lowest BCUT2D eigenvalue weighted by molar-refractivity contribution is -0.0796. The number of nitriles is 1. The van der Waals surface area contributed by atoms with Crippen LogP contribution in [0.2, 0.25) is 0 Å². The average Bonchev–Trinajstić information content (AvgIpc) is 3.27. The third kappa shape index (κ3) is 5.21. The fraction of sp³-hybridized carbons (Fsp3) is 0.0741. The molecule has 0 atom stereocenters. The predicted molar refractivity (Wildman–Crippen MR) is 137 cm³/mol. The molecule has 4 rings (SSSR count). The lowest BCUT2D eigenvalue weighted by Crippen LogP contribution is -2.14. The van der Waals surface area contributed by atoms with Crippen LogP contribution in [0.25, 0.3) is 23.1 Å². The van der Waals surface area contributed by atoms with E-state index in [0.717, 1.165) is 16.7 Å². The van der Waals surface area contributed by atoms with Gasteiger partial charge in [0.2, 0.25) is 6.19 Å². The minimum Gasteiger partial charge on any atom is -0.424 e. The molecule has 0 spiro atoms. The first-order valence-electron chi connectivity index (χ1n) is 11.0. The molecule has 2 heterocycles. The molecule has 2 aromatic carbocycles. The summed E-state index contributed by atoms with van der Waals surface area (Å²) in [6.45, 7) is 5.91. The van der Waals surface area contributed by atoms with Gasteiger partial charge in [-0.25, -0.2) is 19.7 Å². The number of amidine groups is 1. The fourth-order valence-corrected chi connectivity index (χ4v) is 3.96. The number of hydrogen-bond acceptors (Lipinski definition) is 7. The van der Waals surface area contributed by atoms with Crippen LogP contribution in [0.4, 0.5) is 4.53 Å². The van der Waals surface area contributed by atoms with E-state index in [1.165, 1.54) is 6.07 Å². The van der Waals surface area contributed by atoms with Gasteiger partial charge in [0.05, 0.1) is 0 Å². The molecule has 184 valence electrons. The molecular weight excluding hydrogens is 475 g/mol. The number of allylic oxidation sites excluding steroid dienone is 1. The summed E-state index contributed by atoms with van der Waals surface area (Å²) in [6, 6.07) is 11.9. The van der Waals surface area contributed by atoms with E-state index >= 15 is 0 Å². The standard InChI is InChI=1S/C27H21FN6O3/c1-3-6-22-17(4-2)11-21(36-27-31-9-5-10-32-27)12-20(22)15-34-23-14-19(25(30)33-16-29)8-7-18(23)13-24(34)26(35)37-28/h3-14H,2,15H2,1H3,(H2,30,33)/b6-3-. The molecule has 2 aromatic heterocycles. The first kappa shape index (κ1) is 24.8. The molecular formula is C27H21FN6O3. The number of carbonyl (C=O) groups is 1. The normalized spacial score (nSPS) is 11.4. The van der Waals surface area contributed by atoms with Crippen LogP contribution in [0, 0.1) is 11.5 Å². The summed E-state index contributed by atoms with van der Waals surface area (Å²) in [4.78, 5) is 27.7. The summed E-state index contributed by atoms with van der Waals surface area (Å²) in [7, 11) is 0. The molecule has 0 amide bonds. The monoisotopic (exact) mass is 496 g/mol. The Morgan fingerprint density at radius 2 is 2.05 bits per heavy atom. The number of rotatable bonds is 8. The second-order valence-electron chi connectivity index (χ2n) is 7.77. The van der Waals surface area contributed by atoms with E-state index < -0.39 is 5.97 Å². The first-order chi connectivity index (χ1) is 18.0. The quantitative estimate of drug-likeness (QED) is 0.202. The van der Waals surface area contributed by atoms with E-state index in [0.29, 0.717) is 22.2 Å². The summed E-state index contributed by atoms with van der Waals surface area (Å²) in [5, 5.41) is 9.51. The summed E-state index contributed by atoms with van der Waals surface area (Å²) >= 11 is 0. The SMILES string of the molecule is C=Cc1cc(Oc2ncccn2)cc(Cn2c(C(=O)OF)cc3ccc(C(N)=NC#N)cc32)c1/C=C\C. The largest absolute Gasteiger partial charge is 0.424 e. The molecule has 0 radical (unpaired) electrons. The minimum absolute atomic E-state index is 0.00794. The van der Waals surface area contributed by atoms with Crippen LogP contribution in [0.3, 0.4) is 0 Å². The number of ether oxygens (including phenoxy) is 1. The van der Waals surface area contributed by atoms with Crippen molar-refractivity contribution in [1.82, 2.24) is 14.5 Å². The Morgan fingerprint density at radius 3 is 2.73 bits per heavy atom. The average molecular weight is 497 g/mol. The number of benzene rings is 2. The van der Waals surface area contributed by atoms with Crippen LogP contribution in [0.1, 0.15) is 39.7 Å². The maximum atomic E-state index is 13.1. The van der Waals surface area contributed by atoms with Crippen molar-refractivity contribution in [2.75, 3.05) is 0 Å². The van der Waals surface area contributed by atoms with Crippen molar-refractivity contribution >= 4 is 34.9 Å². The van der Waals surface area contributed by atoms with Gasteiger partial charge in [-0.1, -0.05) is 36.9 Å². The van der Waals surface area contributed by atoms with E-state index in [1.807, 2.05) is 19.1 Å². The summed E-state index contributed by atoms with van der Waals surface area (Å²) in [6.07, 6.45) is 10.2. The van der Waals surface area contributed by atoms with Crippen LogP contribution in [0.15, 0.2) is 72.5 Å². The smallest absolute Gasteiger partial charge is 0.395 e. The Kier molecular flexibility index (Phi) is 7.35. The number of aromatic nitrogens is 3. The molecule has 0 aliphatic carbocycles. The van der Waals surface area contributed by atoms with Gasteiger partial charge in [-0.3, -0.25) is 0 Å². The van der Waals surface area contributed by atoms with Crippen molar-refractivity contribution in [3.8, 4) is 18.0 Å². The van der Waals surface area contributed by atoms with Gasteiger partial charge in [0.1, 0.15) is 17.3 Å². The van der Waals surface area contributed by atoms with E-state index in [4.69, 9.17) is 15.7 Å². The Morgan fingerprint density at radius 1 is 1.27 bits per heavy atom. The molecule has 0 saturated carbocycles. The van der Waals surface area contributed by atoms with E-state index in [2.05, 4.69) is 26.5 Å². The maximum Gasteiger partial charge on any atom is 0.395 e. The van der Waals surface area contributed by atoms with Gasteiger partial charge < -0.3 is 15.0 Å². The van der Waals surface area contributed by atoms with Crippen molar-refractivity contribution < 1.29 is 19.0 Å². The molecule has 37 heavy (non-hydrogen) atoms. The highest BCUT2D eigenvalue weighted by Gasteiger charge is 2.20. The molecule has 0 aliphatic rings. The lowest BCUT2D eigenvalue weighted by atomic mass is 9.99. The van der Waals surface area contributed by atoms with Gasteiger partial charge >= 0.3 is 12.0 Å². The Hall–Kier alpha value is -5.30. The highest BCUT2D eigenvalue weighted by Crippen LogP contribution is 2.31. The number of fused-ring (bicyclic) bond motifs is 1. The van der Waals surface area contributed by atoms with Crippen LogP contribution < -0.4 is 10.5 Å². The highest BCUT2D eigenvalue weighted by atomic mass is 19.3. The van der Waals surface area contributed by atoms with E-state index in [-0.39, 0.29) is 24.1 Å². The third-order valence-electron chi connectivity index (χ3n) is 5.55. The van der Waals surface area contributed by atoms with Crippen molar-refractivity contribution in [2.45, 2.75) is 13.5 Å². The van der Waals surface area contributed by atoms with Gasteiger partial charge in [0, 0.05) is 39.9 Å². The van der Waals surface area contributed by atoms with Gasteiger partial charge in [0.15, 0.2) is 0 Å². The van der Waals surface area contributed by atoms with E-state index in [1.54, 1.807) is 65.6 Å². The second-order valence-corrected chi connectivity index (χ2v) is 7.77. The first-order valence-corrected chi connectivity index (χ1v) is 11.0. The van der Waals surface area contributed by atoms with Crippen LogP contribution in [-0.2, 0) is 11.5 Å². The molecule has 0 unspecified atom stereocenters. The summed E-state index contributed by atoms with van der Waals surface area (Å²) < 4.78 is 20.5. The molecule has 2 N–H and O–H groups in total. The Labute approximate surface area is 211 Å². The second kappa shape index (κ2) is 11.0. The van der Waals surface area contributed by atoms with Crippen LogP contribution in [-0.4, -0.2) is 26.3 Å². The van der Waals surface area contributed by atoms with Gasteiger partial charge in [-0.2, -0.15) is 10.3 Å². The number of halogens is 1. The summed E-state index contributed by atoms with van der Waals surface area (Å²) in [5.41, 5.74) is 9.22. The van der Waals surface area contributed by atoms with Crippen molar-refractivity contribution in [1.29, 1.82) is 5.26 Å². The molecule has 0 fully saturated rings. The Bertz CT molecular complexity index is 1590. The number of nitrogens with zero attached hydrogens (tertiary/aromatic N) is 5. The van der Waals surface area contributed by atoms with E-state index in [9.17, 15) is 9.32 Å². The number of aliphatic imine (C=N–C) groups is 1. The molecule has 10 heteroatoms. The topological polar surface area (TPSA) is 128 Å². The predicted octanol–water partition coefficient (Wildman–Crippen LogP) is 5.18. The van der Waals surface area contributed by atoms with Gasteiger partial charge in [-0.15, -0.1) is 0 Å². The lowest BCUT2D eigenvalue weighted by Gasteiger charge is -2.16. The zero-order valence-corrected chi connectivity index (χ0v) is 19.8. The van der Waals surface area contributed by atoms with Crippen molar-refractivity contribution in [2.24, 2.45) is 10.7 Å². The van der Waals surface area contributed by atoms with Crippen molar-refractivity contribution in [3.05, 3.63) is 95.5 Å². The third-order valence-corrected chi connectivity index (χ3v) is 5.55. The van der Waals surface area contributed by atoms with Crippen LogP contribution >= 0.6 is 0 Å². The Balaban J connectivity index is 1.91. The molecule has 4 aromatic rings. The maximum absolute atomic E-state index is 13.1.